The molecule has 0 saturated carbocycles. The van der Waals surface area contributed by atoms with Crippen molar-refractivity contribution in [3.8, 4) is 0 Å². The number of nitrogens with zero attached hydrogens (tertiary/aromatic N) is 1. The summed E-state index contributed by atoms with van der Waals surface area (Å²) in [6, 6.07) is 0. The van der Waals surface area contributed by atoms with Crippen molar-refractivity contribution in [1.29, 1.82) is 0 Å². The number of hydrogen-bond acceptors (Lipinski definition) is 3. The first-order valence-corrected chi connectivity index (χ1v) is 7.61. The van der Waals surface area contributed by atoms with Gasteiger partial charge in [-0.1, -0.05) is 25.0 Å². The minimum atomic E-state index is -0.387. The van der Waals surface area contributed by atoms with Crippen LogP contribution in [0.5, 0.6) is 0 Å². The molecule has 0 aliphatic heterocycles. The number of nitrogens with one attached hydrogen (secondary N) is 1. The predicted molar refractivity (Wildman–Crippen MR) is 104 cm³/mol. The Kier molecular flexibility index (Phi) is 13.6. The van der Waals surface area contributed by atoms with E-state index >= 15 is 0 Å². The van der Waals surface area contributed by atoms with Crippen LogP contribution in [0.1, 0.15) is 59.8 Å². The summed E-state index contributed by atoms with van der Waals surface area (Å²) in [5.41, 5.74) is 6.30. The van der Waals surface area contributed by atoms with Crippen LogP contribution < -0.4 is 11.1 Å². The van der Waals surface area contributed by atoms with Gasteiger partial charge in [-0.2, -0.15) is 0 Å². The van der Waals surface area contributed by atoms with E-state index in [1.807, 2.05) is 27.7 Å². The Morgan fingerprint density at radius 3 is 2.36 bits per heavy atom. The van der Waals surface area contributed by atoms with E-state index < -0.39 is 0 Å². The first-order chi connectivity index (χ1) is 9.70. The third-order valence-corrected chi connectivity index (χ3v) is 2.55. The Morgan fingerprint density at radius 1 is 1.23 bits per heavy atom. The number of nitrogens with two attached hydrogens (primary N) is 1. The van der Waals surface area contributed by atoms with Crippen LogP contribution in [-0.4, -0.2) is 30.6 Å². The highest BCUT2D eigenvalue weighted by atomic mass is 127. The van der Waals surface area contributed by atoms with Crippen molar-refractivity contribution in [1.82, 2.24) is 5.32 Å². The molecule has 5 nitrogen and oxygen atoms in total. The topological polar surface area (TPSA) is 76.7 Å². The van der Waals surface area contributed by atoms with Crippen molar-refractivity contribution in [3.05, 3.63) is 12.2 Å². The molecular weight excluding hydrogens is 393 g/mol. The third-order valence-electron chi connectivity index (χ3n) is 2.55. The summed E-state index contributed by atoms with van der Waals surface area (Å²) in [6.45, 7) is 12.7. The highest BCUT2D eigenvalue weighted by molar-refractivity contribution is 14.0. The van der Waals surface area contributed by atoms with Crippen molar-refractivity contribution in [2.75, 3.05) is 13.1 Å². The van der Waals surface area contributed by atoms with Crippen LogP contribution in [0.2, 0.25) is 0 Å². The summed E-state index contributed by atoms with van der Waals surface area (Å²) < 4.78 is 5.25. The van der Waals surface area contributed by atoms with Crippen LogP contribution in [0.25, 0.3) is 0 Å². The maximum atomic E-state index is 11.5. The molecule has 22 heavy (non-hydrogen) atoms. The molecule has 0 aromatic rings. The minimum Gasteiger partial charge on any atom is -0.460 e. The van der Waals surface area contributed by atoms with E-state index in [4.69, 9.17) is 10.5 Å². The molecule has 6 heteroatoms. The molecule has 0 rings (SSSR count). The fraction of sp³-hybridized carbons (Fsp3) is 0.750. The molecule has 3 N–H and O–H groups in total. The number of esters is 1. The van der Waals surface area contributed by atoms with Crippen molar-refractivity contribution in [3.63, 3.8) is 0 Å². The highest BCUT2D eigenvalue weighted by Crippen LogP contribution is 2.10. The van der Waals surface area contributed by atoms with Crippen molar-refractivity contribution in [2.24, 2.45) is 10.7 Å². The van der Waals surface area contributed by atoms with Crippen LogP contribution in [-0.2, 0) is 9.53 Å². The van der Waals surface area contributed by atoms with E-state index in [0.717, 1.165) is 37.8 Å². The largest absolute Gasteiger partial charge is 0.460 e. The Balaban J connectivity index is 0. The molecule has 0 bridgehead atoms. The van der Waals surface area contributed by atoms with Gasteiger partial charge in [0.25, 0.3) is 0 Å². The van der Waals surface area contributed by atoms with Gasteiger partial charge in [-0.25, -0.2) is 4.99 Å². The first kappa shape index (κ1) is 23.5. The van der Waals surface area contributed by atoms with Gasteiger partial charge in [0.1, 0.15) is 5.60 Å². The zero-order valence-corrected chi connectivity index (χ0v) is 16.7. The smallest absolute Gasteiger partial charge is 0.306 e. The van der Waals surface area contributed by atoms with Gasteiger partial charge in [0.05, 0.1) is 6.54 Å². The monoisotopic (exact) mass is 425 g/mol. The Labute approximate surface area is 152 Å². The molecule has 130 valence electrons. The van der Waals surface area contributed by atoms with Gasteiger partial charge in [0.2, 0.25) is 0 Å². The number of unbranched alkanes of at least 4 members (excludes halogenated alkanes) is 3. The molecule has 0 aromatic heterocycles. The fourth-order valence-corrected chi connectivity index (χ4v) is 1.63. The number of ether oxygens (including phenoxy) is 1. The van der Waals surface area contributed by atoms with E-state index in [2.05, 4.69) is 16.9 Å². The van der Waals surface area contributed by atoms with E-state index in [9.17, 15) is 4.79 Å². The van der Waals surface area contributed by atoms with E-state index in [-0.39, 0.29) is 35.5 Å². The Hall–Kier alpha value is -0.790. The third kappa shape index (κ3) is 17.3. The number of carbonyl (C=O) groups is 1. The summed E-state index contributed by atoms with van der Waals surface area (Å²) >= 11 is 0. The van der Waals surface area contributed by atoms with Gasteiger partial charge in [0, 0.05) is 13.0 Å². The average Bonchev–Trinajstić information content (AvgIpc) is 2.33. The predicted octanol–water partition coefficient (Wildman–Crippen LogP) is 3.38. The number of aliphatic imine (C=N–C) groups is 1. The van der Waals surface area contributed by atoms with Gasteiger partial charge < -0.3 is 15.8 Å². The van der Waals surface area contributed by atoms with Gasteiger partial charge in [-0.05, 0) is 40.5 Å². The second-order valence-corrected chi connectivity index (χ2v) is 6.34. The molecule has 0 heterocycles. The van der Waals surface area contributed by atoms with Crippen molar-refractivity contribution >= 4 is 35.9 Å². The number of halogens is 1. The molecule has 0 saturated heterocycles. The Bertz CT molecular complexity index is 363. The lowest BCUT2D eigenvalue weighted by molar-refractivity contribution is -0.154. The van der Waals surface area contributed by atoms with Crippen LogP contribution in [0.15, 0.2) is 17.1 Å². The SMILES string of the molecule is C=C(C)CN=C(N)NCCCCCCC(=O)OC(C)(C)C.I. The van der Waals surface area contributed by atoms with Gasteiger partial charge in [-0.3, -0.25) is 4.79 Å². The van der Waals surface area contributed by atoms with E-state index in [0.29, 0.717) is 18.9 Å². The molecule has 0 aliphatic carbocycles. The van der Waals surface area contributed by atoms with E-state index in [1.165, 1.54) is 0 Å². The average molecular weight is 425 g/mol. The molecule has 0 aliphatic rings. The highest BCUT2D eigenvalue weighted by Gasteiger charge is 2.15. The first-order valence-electron chi connectivity index (χ1n) is 7.61. The Morgan fingerprint density at radius 2 is 1.82 bits per heavy atom. The lowest BCUT2D eigenvalue weighted by Gasteiger charge is -2.19. The molecule has 0 spiro atoms. The zero-order chi connectivity index (χ0) is 16.3. The summed E-state index contributed by atoms with van der Waals surface area (Å²) in [4.78, 5) is 15.6. The second kappa shape index (κ2) is 12.7. The molecule has 0 unspecified atom stereocenters. The van der Waals surface area contributed by atoms with Crippen LogP contribution in [0.4, 0.5) is 0 Å². The maximum Gasteiger partial charge on any atom is 0.306 e. The van der Waals surface area contributed by atoms with Crippen LogP contribution in [0, 0.1) is 0 Å². The zero-order valence-electron chi connectivity index (χ0n) is 14.4. The molecule has 0 aromatic carbocycles. The number of carbonyl (C=O) groups excluding carboxylic acids is 1. The number of guanidine groups is 1. The summed E-state index contributed by atoms with van der Waals surface area (Å²) in [5, 5.41) is 3.06. The standard InChI is InChI=1S/C16H31N3O2.HI/c1-13(2)12-19-15(17)18-11-9-7-6-8-10-14(20)21-16(3,4)5;/h1,6-12H2,2-5H3,(H3,17,18,19);1H. The van der Waals surface area contributed by atoms with Gasteiger partial charge in [-0.15, -0.1) is 24.0 Å². The molecule has 0 radical (unpaired) electrons. The molecule has 0 amide bonds. The second-order valence-electron chi connectivity index (χ2n) is 6.34. The lowest BCUT2D eigenvalue weighted by atomic mass is 10.1. The number of hydrogen-bond donors (Lipinski definition) is 2. The van der Waals surface area contributed by atoms with Crippen LogP contribution >= 0.6 is 24.0 Å². The van der Waals surface area contributed by atoms with Gasteiger partial charge >= 0.3 is 5.97 Å². The normalized spacial score (nSPS) is 11.5. The van der Waals surface area contributed by atoms with Crippen molar-refractivity contribution < 1.29 is 9.53 Å². The summed E-state index contributed by atoms with van der Waals surface area (Å²) in [7, 11) is 0. The maximum absolute atomic E-state index is 11.5. The lowest BCUT2D eigenvalue weighted by Crippen LogP contribution is -2.32. The molecule has 0 atom stereocenters. The minimum absolute atomic E-state index is 0. The van der Waals surface area contributed by atoms with Crippen LogP contribution in [0.3, 0.4) is 0 Å². The number of rotatable bonds is 9. The fourth-order valence-electron chi connectivity index (χ4n) is 1.63. The quantitative estimate of drug-likeness (QED) is 0.148. The molecular formula is C16H32IN3O2. The summed E-state index contributed by atoms with van der Waals surface area (Å²) in [6.07, 6.45) is 4.45. The van der Waals surface area contributed by atoms with E-state index in [1.54, 1.807) is 0 Å². The molecule has 0 fully saturated rings. The van der Waals surface area contributed by atoms with Crippen molar-refractivity contribution in [2.45, 2.75) is 65.4 Å². The van der Waals surface area contributed by atoms with Gasteiger partial charge in [0.15, 0.2) is 5.96 Å². The summed E-state index contributed by atoms with van der Waals surface area (Å²) in [5.74, 6) is 0.351.